The highest BCUT2D eigenvalue weighted by Crippen LogP contribution is 2.30. The number of benzene rings is 2. The fraction of sp³-hybridized carbons (Fsp3) is 0.0625. The molecule has 2 aromatic heterocycles. The Morgan fingerprint density at radius 3 is 2.71 bits per heavy atom. The first kappa shape index (κ1) is 15.6. The fourth-order valence-corrected chi connectivity index (χ4v) is 4.59. The van der Waals surface area contributed by atoms with Crippen LogP contribution in [0, 0.1) is 0 Å². The Labute approximate surface area is 155 Å². The minimum atomic E-state index is 0.634. The molecule has 0 radical (unpaired) electrons. The van der Waals surface area contributed by atoms with Crippen LogP contribution in [0.3, 0.4) is 0 Å². The van der Waals surface area contributed by atoms with Gasteiger partial charge in [-0.05, 0) is 24.3 Å². The van der Waals surface area contributed by atoms with E-state index in [4.69, 9.17) is 5.84 Å². The quantitative estimate of drug-likeness (QED) is 0.395. The van der Waals surface area contributed by atoms with Crippen LogP contribution in [-0.4, -0.2) is 19.9 Å². The average Bonchev–Trinajstić information content (AvgIpc) is 3.17. The van der Waals surface area contributed by atoms with Gasteiger partial charge in [0.1, 0.15) is 5.01 Å². The van der Waals surface area contributed by atoms with E-state index in [1.807, 2.05) is 42.5 Å². The van der Waals surface area contributed by atoms with Crippen molar-refractivity contribution in [2.45, 2.75) is 10.9 Å². The summed E-state index contributed by atoms with van der Waals surface area (Å²) in [5.74, 6) is 7.52. The molecule has 4 rings (SSSR count). The molecule has 0 bridgehead atoms. The van der Waals surface area contributed by atoms with Crippen LogP contribution < -0.4 is 5.84 Å². The van der Waals surface area contributed by atoms with Gasteiger partial charge in [-0.15, -0.1) is 21.5 Å². The lowest BCUT2D eigenvalue weighted by molar-refractivity contribution is 0.849. The average molecular weight is 418 g/mol. The number of hydrogen-bond donors (Lipinski definition) is 1. The summed E-state index contributed by atoms with van der Waals surface area (Å²) < 4.78 is 3.65. The van der Waals surface area contributed by atoms with Crippen LogP contribution in [0.5, 0.6) is 0 Å². The number of rotatable bonds is 4. The molecule has 2 aromatic carbocycles. The summed E-state index contributed by atoms with van der Waals surface area (Å²) in [6.45, 7) is 0. The molecule has 2 N–H and O–H groups in total. The SMILES string of the molecule is Nn1c(SCc2nc3ccccc3s2)nnc1-c1ccccc1Br. The molecule has 0 saturated heterocycles. The Balaban J connectivity index is 1.56. The third-order valence-electron chi connectivity index (χ3n) is 3.44. The van der Waals surface area contributed by atoms with Gasteiger partial charge in [0.2, 0.25) is 5.16 Å². The third kappa shape index (κ3) is 2.92. The highest BCUT2D eigenvalue weighted by molar-refractivity contribution is 9.10. The molecule has 0 unspecified atom stereocenters. The van der Waals surface area contributed by atoms with Crippen LogP contribution in [0.1, 0.15) is 5.01 Å². The van der Waals surface area contributed by atoms with E-state index >= 15 is 0 Å². The van der Waals surface area contributed by atoms with Gasteiger partial charge in [-0.1, -0.05) is 52.0 Å². The van der Waals surface area contributed by atoms with Crippen molar-refractivity contribution >= 4 is 49.2 Å². The number of para-hydroxylation sites is 1. The minimum absolute atomic E-state index is 0.634. The monoisotopic (exact) mass is 417 g/mol. The van der Waals surface area contributed by atoms with E-state index in [0.717, 1.165) is 20.6 Å². The van der Waals surface area contributed by atoms with Crippen LogP contribution in [0.2, 0.25) is 0 Å². The minimum Gasteiger partial charge on any atom is -0.335 e. The first-order valence-corrected chi connectivity index (χ1v) is 9.74. The lowest BCUT2D eigenvalue weighted by Gasteiger charge is -2.04. The molecule has 5 nitrogen and oxygen atoms in total. The van der Waals surface area contributed by atoms with Crippen molar-refractivity contribution in [3.63, 3.8) is 0 Å². The van der Waals surface area contributed by atoms with Gasteiger partial charge < -0.3 is 5.84 Å². The van der Waals surface area contributed by atoms with Crippen LogP contribution in [-0.2, 0) is 5.75 Å². The van der Waals surface area contributed by atoms with Crippen molar-refractivity contribution in [3.8, 4) is 11.4 Å². The van der Waals surface area contributed by atoms with Gasteiger partial charge in [-0.3, -0.25) is 0 Å². The smallest absolute Gasteiger partial charge is 0.210 e. The topological polar surface area (TPSA) is 69.6 Å². The maximum atomic E-state index is 6.18. The summed E-state index contributed by atoms with van der Waals surface area (Å²) in [7, 11) is 0. The predicted molar refractivity (Wildman–Crippen MR) is 102 cm³/mol. The second kappa shape index (κ2) is 6.54. The second-order valence-corrected chi connectivity index (χ2v) is 7.93. The normalized spacial score (nSPS) is 11.2. The largest absolute Gasteiger partial charge is 0.335 e. The summed E-state index contributed by atoms with van der Waals surface area (Å²) >= 11 is 6.74. The van der Waals surface area contributed by atoms with E-state index in [2.05, 4.69) is 37.2 Å². The van der Waals surface area contributed by atoms with Gasteiger partial charge in [0.15, 0.2) is 5.82 Å². The predicted octanol–water partition coefficient (Wildman–Crippen LogP) is 4.32. The molecule has 2 heterocycles. The molecule has 0 amide bonds. The lowest BCUT2D eigenvalue weighted by atomic mass is 10.2. The van der Waals surface area contributed by atoms with Crippen LogP contribution in [0.4, 0.5) is 0 Å². The lowest BCUT2D eigenvalue weighted by Crippen LogP contribution is -2.11. The summed E-state index contributed by atoms with van der Waals surface area (Å²) in [6, 6.07) is 15.9. The molecule has 0 fully saturated rings. The summed E-state index contributed by atoms with van der Waals surface area (Å²) in [4.78, 5) is 4.63. The Morgan fingerprint density at radius 1 is 1.08 bits per heavy atom. The van der Waals surface area contributed by atoms with Gasteiger partial charge in [-0.2, -0.15) is 0 Å². The summed E-state index contributed by atoms with van der Waals surface area (Å²) in [5, 5.41) is 10.1. The zero-order valence-electron chi connectivity index (χ0n) is 12.4. The van der Waals surface area contributed by atoms with Crippen LogP contribution in [0.25, 0.3) is 21.6 Å². The molecule has 0 aliphatic carbocycles. The van der Waals surface area contributed by atoms with E-state index in [1.54, 1.807) is 11.3 Å². The van der Waals surface area contributed by atoms with E-state index in [1.165, 1.54) is 21.1 Å². The molecule has 0 aliphatic heterocycles. The van der Waals surface area contributed by atoms with Crippen molar-refractivity contribution in [2.24, 2.45) is 0 Å². The molecule has 4 aromatic rings. The molecule has 0 spiro atoms. The van der Waals surface area contributed by atoms with Gasteiger partial charge in [0.05, 0.1) is 16.0 Å². The first-order chi connectivity index (χ1) is 11.7. The van der Waals surface area contributed by atoms with Gasteiger partial charge >= 0.3 is 0 Å². The second-order valence-electron chi connectivity index (χ2n) is 5.02. The molecule has 8 heteroatoms. The number of nitrogen functional groups attached to an aromatic ring is 1. The molecule has 0 atom stereocenters. The Morgan fingerprint density at radius 2 is 1.88 bits per heavy atom. The number of hydrogen-bond acceptors (Lipinski definition) is 6. The number of thiazole rings is 1. The van der Waals surface area contributed by atoms with Gasteiger partial charge in [0, 0.05) is 10.0 Å². The van der Waals surface area contributed by atoms with Crippen LogP contribution in [0.15, 0.2) is 58.2 Å². The van der Waals surface area contributed by atoms with E-state index in [0.29, 0.717) is 16.7 Å². The van der Waals surface area contributed by atoms with Crippen molar-refractivity contribution in [2.75, 3.05) is 5.84 Å². The highest BCUT2D eigenvalue weighted by Gasteiger charge is 2.15. The zero-order valence-corrected chi connectivity index (χ0v) is 15.6. The number of halogens is 1. The van der Waals surface area contributed by atoms with E-state index in [-0.39, 0.29) is 0 Å². The Hall–Kier alpha value is -1.90. The van der Waals surface area contributed by atoms with Crippen LogP contribution >= 0.6 is 39.0 Å². The number of nitrogens with zero attached hydrogens (tertiary/aromatic N) is 4. The van der Waals surface area contributed by atoms with Gasteiger partial charge in [0.25, 0.3) is 0 Å². The van der Waals surface area contributed by atoms with E-state index < -0.39 is 0 Å². The molecule has 0 aliphatic rings. The fourth-order valence-electron chi connectivity index (χ4n) is 2.31. The van der Waals surface area contributed by atoms with E-state index in [9.17, 15) is 0 Å². The van der Waals surface area contributed by atoms with Gasteiger partial charge in [-0.25, -0.2) is 9.66 Å². The van der Waals surface area contributed by atoms with Crippen molar-refractivity contribution in [1.82, 2.24) is 19.9 Å². The van der Waals surface area contributed by atoms with Crippen molar-refractivity contribution in [1.29, 1.82) is 0 Å². The molecule has 120 valence electrons. The molecular weight excluding hydrogens is 406 g/mol. The highest BCUT2D eigenvalue weighted by atomic mass is 79.9. The number of fused-ring (bicyclic) bond motifs is 1. The first-order valence-electron chi connectivity index (χ1n) is 7.15. The standard InChI is InChI=1S/C16H12BrN5S2/c17-11-6-2-1-5-10(11)15-20-21-16(22(15)18)23-9-14-19-12-7-3-4-8-13(12)24-14/h1-8H,9,18H2. The maximum Gasteiger partial charge on any atom is 0.210 e. The maximum absolute atomic E-state index is 6.18. The number of aromatic nitrogens is 4. The third-order valence-corrected chi connectivity index (χ3v) is 6.31. The molecular formula is C16H12BrN5S2. The summed E-state index contributed by atoms with van der Waals surface area (Å²) in [6.07, 6.45) is 0. The Kier molecular flexibility index (Phi) is 4.26. The van der Waals surface area contributed by atoms with Crippen molar-refractivity contribution < 1.29 is 0 Å². The summed E-state index contributed by atoms with van der Waals surface area (Å²) in [5.41, 5.74) is 1.94. The molecule has 24 heavy (non-hydrogen) atoms. The number of nitrogens with two attached hydrogens (primary N) is 1. The zero-order chi connectivity index (χ0) is 16.5. The Bertz CT molecular complexity index is 978. The molecule has 0 saturated carbocycles. The van der Waals surface area contributed by atoms with Crippen molar-refractivity contribution in [3.05, 3.63) is 58.0 Å². The number of thioether (sulfide) groups is 1.